The highest BCUT2D eigenvalue weighted by Gasteiger charge is 2.15. The Labute approximate surface area is 101 Å². The van der Waals surface area contributed by atoms with Gasteiger partial charge in [-0.2, -0.15) is 9.49 Å². The summed E-state index contributed by atoms with van der Waals surface area (Å²) in [5, 5.41) is 15.5. The fourth-order valence-corrected chi connectivity index (χ4v) is 2.12. The van der Waals surface area contributed by atoms with Crippen LogP contribution in [0.3, 0.4) is 0 Å². The van der Waals surface area contributed by atoms with E-state index in [2.05, 4.69) is 10.4 Å². The number of carbonyl (C=O) groups is 1. The summed E-state index contributed by atoms with van der Waals surface area (Å²) in [7, 11) is 1.56. The van der Waals surface area contributed by atoms with Crippen molar-refractivity contribution in [1.82, 2.24) is 9.78 Å². The van der Waals surface area contributed by atoms with Gasteiger partial charge < -0.3 is 10.4 Å². The van der Waals surface area contributed by atoms with Crippen LogP contribution in [0, 0.1) is 5.13 Å². The molecule has 2 aromatic heterocycles. The average molecular weight is 255 g/mol. The summed E-state index contributed by atoms with van der Waals surface area (Å²) in [6.45, 7) is 0.376. The van der Waals surface area contributed by atoms with E-state index in [9.17, 15) is 9.18 Å². The molecule has 0 aliphatic carbocycles. The first kappa shape index (κ1) is 11.6. The molecule has 2 aromatic rings. The van der Waals surface area contributed by atoms with Crippen LogP contribution in [0.4, 0.5) is 10.1 Å². The van der Waals surface area contributed by atoms with Gasteiger partial charge in [-0.3, -0.25) is 4.68 Å². The zero-order valence-corrected chi connectivity index (χ0v) is 9.79. The van der Waals surface area contributed by atoms with Crippen molar-refractivity contribution in [3.05, 3.63) is 34.0 Å². The third-order valence-electron chi connectivity index (χ3n) is 2.22. The number of carboxylic acids is 1. The van der Waals surface area contributed by atoms with E-state index in [-0.39, 0.29) is 10.8 Å². The average Bonchev–Trinajstić information content (AvgIpc) is 2.82. The zero-order chi connectivity index (χ0) is 12.4. The van der Waals surface area contributed by atoms with Crippen molar-refractivity contribution >= 4 is 23.0 Å². The van der Waals surface area contributed by atoms with Crippen molar-refractivity contribution in [1.29, 1.82) is 0 Å². The van der Waals surface area contributed by atoms with E-state index in [4.69, 9.17) is 5.11 Å². The lowest BCUT2D eigenvalue weighted by molar-refractivity contribution is 0.0686. The number of aromatic nitrogens is 2. The summed E-state index contributed by atoms with van der Waals surface area (Å²) in [5.41, 5.74) is 0.510. The normalized spacial score (nSPS) is 10.5. The lowest BCUT2D eigenvalue weighted by Gasteiger charge is -2.03. The Morgan fingerprint density at radius 3 is 3.00 bits per heavy atom. The zero-order valence-electron chi connectivity index (χ0n) is 8.98. The first-order valence-electron chi connectivity index (χ1n) is 4.81. The summed E-state index contributed by atoms with van der Waals surface area (Å²) in [5.74, 6) is -1.05. The first-order valence-corrected chi connectivity index (χ1v) is 5.63. The smallest absolute Gasteiger partial charge is 0.356 e. The molecule has 7 heteroatoms. The molecule has 0 radical (unpaired) electrons. The van der Waals surface area contributed by atoms with Crippen LogP contribution in [0.1, 0.15) is 15.4 Å². The van der Waals surface area contributed by atoms with Gasteiger partial charge in [0.05, 0.1) is 11.9 Å². The second-order valence-corrected chi connectivity index (χ2v) is 4.51. The van der Waals surface area contributed by atoms with E-state index in [0.29, 0.717) is 12.2 Å². The van der Waals surface area contributed by atoms with Crippen molar-refractivity contribution < 1.29 is 14.3 Å². The van der Waals surface area contributed by atoms with Crippen molar-refractivity contribution in [2.45, 2.75) is 6.54 Å². The number of rotatable bonds is 4. The molecule has 0 atom stereocenters. The minimum atomic E-state index is -1.05. The Morgan fingerprint density at radius 2 is 2.41 bits per heavy atom. The standard InChI is InChI=1S/C10H10FN3O2S/c1-14-9(10(15)16)7(5-13-14)12-4-6-2-3-8(11)17-6/h2-3,5,12H,4H2,1H3,(H,15,16). The van der Waals surface area contributed by atoms with Gasteiger partial charge >= 0.3 is 5.97 Å². The van der Waals surface area contributed by atoms with Crippen molar-refractivity contribution in [2.24, 2.45) is 7.05 Å². The Bertz CT molecular complexity index is 549. The fraction of sp³-hybridized carbons (Fsp3) is 0.200. The highest BCUT2D eigenvalue weighted by atomic mass is 32.1. The summed E-state index contributed by atoms with van der Waals surface area (Å²) in [6.07, 6.45) is 1.44. The van der Waals surface area contributed by atoms with Crippen LogP contribution in [-0.4, -0.2) is 20.9 Å². The molecule has 90 valence electrons. The first-order chi connectivity index (χ1) is 8.08. The second-order valence-electron chi connectivity index (χ2n) is 3.39. The highest BCUT2D eigenvalue weighted by Crippen LogP contribution is 2.18. The number of nitrogens with zero attached hydrogens (tertiary/aromatic N) is 2. The molecule has 5 nitrogen and oxygen atoms in total. The number of halogens is 1. The predicted molar refractivity (Wildman–Crippen MR) is 61.8 cm³/mol. The molecule has 2 N–H and O–H groups in total. The number of anilines is 1. The van der Waals surface area contributed by atoms with Crippen molar-refractivity contribution in [3.63, 3.8) is 0 Å². The van der Waals surface area contributed by atoms with Crippen LogP contribution in [0.5, 0.6) is 0 Å². The van der Waals surface area contributed by atoms with Crippen LogP contribution in [0.2, 0.25) is 0 Å². The summed E-state index contributed by atoms with van der Waals surface area (Å²) in [4.78, 5) is 11.8. The van der Waals surface area contributed by atoms with Gasteiger partial charge in [0.2, 0.25) is 0 Å². The largest absolute Gasteiger partial charge is 0.476 e. The molecule has 17 heavy (non-hydrogen) atoms. The molecule has 0 saturated heterocycles. The van der Waals surface area contributed by atoms with E-state index >= 15 is 0 Å². The third kappa shape index (κ3) is 2.44. The van der Waals surface area contributed by atoms with Gasteiger partial charge in [-0.1, -0.05) is 0 Å². The summed E-state index contributed by atoms with van der Waals surface area (Å²) in [6, 6.07) is 3.03. The van der Waals surface area contributed by atoms with E-state index < -0.39 is 5.97 Å². The molecule has 0 amide bonds. The Morgan fingerprint density at radius 1 is 1.65 bits per heavy atom. The lowest BCUT2D eigenvalue weighted by atomic mass is 10.3. The van der Waals surface area contributed by atoms with E-state index in [1.165, 1.54) is 16.9 Å². The number of hydrogen-bond acceptors (Lipinski definition) is 4. The molecule has 2 rings (SSSR count). The molecule has 0 saturated carbocycles. The van der Waals surface area contributed by atoms with Gasteiger partial charge in [0.25, 0.3) is 0 Å². The van der Waals surface area contributed by atoms with E-state index in [1.54, 1.807) is 13.1 Å². The van der Waals surface area contributed by atoms with Gasteiger partial charge in [-0.25, -0.2) is 4.79 Å². The molecular weight excluding hydrogens is 245 g/mol. The molecular formula is C10H10FN3O2S. The molecule has 0 unspecified atom stereocenters. The molecule has 2 heterocycles. The monoisotopic (exact) mass is 255 g/mol. The number of aryl methyl sites for hydroxylation is 1. The van der Waals surface area contributed by atoms with Crippen LogP contribution in [-0.2, 0) is 13.6 Å². The Kier molecular flexibility index (Phi) is 3.10. The second kappa shape index (κ2) is 4.54. The maximum atomic E-state index is 12.7. The number of thiophene rings is 1. The number of hydrogen-bond donors (Lipinski definition) is 2. The summed E-state index contributed by atoms with van der Waals surface area (Å²) >= 11 is 1.02. The van der Waals surface area contributed by atoms with Gasteiger partial charge in [0, 0.05) is 18.5 Å². The molecule has 0 fully saturated rings. The predicted octanol–water partition coefficient (Wildman–Crippen LogP) is 1.93. The maximum Gasteiger partial charge on any atom is 0.356 e. The minimum Gasteiger partial charge on any atom is -0.476 e. The van der Waals surface area contributed by atoms with Crippen molar-refractivity contribution in [3.8, 4) is 0 Å². The topological polar surface area (TPSA) is 67.2 Å². The van der Waals surface area contributed by atoms with Gasteiger partial charge in [-0.15, -0.1) is 11.3 Å². The van der Waals surface area contributed by atoms with Crippen LogP contribution in [0.15, 0.2) is 18.3 Å². The van der Waals surface area contributed by atoms with Gasteiger partial charge in [0.15, 0.2) is 10.8 Å². The lowest BCUT2D eigenvalue weighted by Crippen LogP contribution is -2.09. The maximum absolute atomic E-state index is 12.7. The van der Waals surface area contributed by atoms with Crippen molar-refractivity contribution in [2.75, 3.05) is 5.32 Å². The third-order valence-corrected chi connectivity index (χ3v) is 3.10. The minimum absolute atomic E-state index is 0.0852. The van der Waals surface area contributed by atoms with Crippen LogP contribution < -0.4 is 5.32 Å². The molecule has 0 bridgehead atoms. The fourth-order valence-electron chi connectivity index (χ4n) is 1.45. The van der Waals surface area contributed by atoms with Crippen LogP contribution >= 0.6 is 11.3 Å². The Hall–Kier alpha value is -1.89. The number of nitrogens with one attached hydrogen (secondary N) is 1. The van der Waals surface area contributed by atoms with E-state index in [0.717, 1.165) is 16.2 Å². The van der Waals surface area contributed by atoms with E-state index in [1.807, 2.05) is 0 Å². The quantitative estimate of drug-likeness (QED) is 0.876. The van der Waals surface area contributed by atoms with Gasteiger partial charge in [-0.05, 0) is 12.1 Å². The highest BCUT2D eigenvalue weighted by molar-refractivity contribution is 7.10. The molecule has 0 spiro atoms. The molecule has 0 aliphatic rings. The number of aromatic carboxylic acids is 1. The molecule has 0 aliphatic heterocycles. The Balaban J connectivity index is 2.11. The van der Waals surface area contributed by atoms with Gasteiger partial charge in [0.1, 0.15) is 0 Å². The van der Waals surface area contributed by atoms with Crippen LogP contribution in [0.25, 0.3) is 0 Å². The summed E-state index contributed by atoms with van der Waals surface area (Å²) < 4.78 is 14.0. The number of carboxylic acid groups (broad SMARTS) is 1. The SMILES string of the molecule is Cn1ncc(NCc2ccc(F)s2)c1C(=O)O. The molecule has 0 aromatic carbocycles.